The minimum absolute atomic E-state index is 0.0435. The van der Waals surface area contributed by atoms with Gasteiger partial charge >= 0.3 is 5.76 Å². The van der Waals surface area contributed by atoms with E-state index in [0.717, 1.165) is 22.3 Å². The van der Waals surface area contributed by atoms with Gasteiger partial charge in [-0.1, -0.05) is 58.2 Å². The molecule has 1 atom stereocenters. The van der Waals surface area contributed by atoms with Gasteiger partial charge in [0.05, 0.1) is 13.0 Å². The van der Waals surface area contributed by atoms with Crippen LogP contribution >= 0.6 is 11.6 Å². The van der Waals surface area contributed by atoms with Crippen LogP contribution in [-0.2, 0) is 29.1 Å². The van der Waals surface area contributed by atoms with Crippen LogP contribution in [0, 0.1) is 13.8 Å². The van der Waals surface area contributed by atoms with Crippen molar-refractivity contribution in [1.82, 2.24) is 19.9 Å². The summed E-state index contributed by atoms with van der Waals surface area (Å²) in [7, 11) is 0. The van der Waals surface area contributed by atoms with Gasteiger partial charge in [-0.2, -0.15) is 0 Å². The first-order chi connectivity index (χ1) is 16.1. The number of carbonyl (C=O) groups is 2. The predicted octanol–water partition coefficient (Wildman–Crippen LogP) is 3.40. The second kappa shape index (κ2) is 9.46. The van der Waals surface area contributed by atoms with E-state index in [9.17, 15) is 14.4 Å². The fourth-order valence-corrected chi connectivity index (χ4v) is 4.61. The number of amides is 2. The number of nitrogens with one attached hydrogen (secondary N) is 1. The van der Waals surface area contributed by atoms with Crippen LogP contribution in [0.25, 0.3) is 0 Å². The van der Waals surface area contributed by atoms with E-state index in [1.165, 1.54) is 0 Å². The molecule has 1 aliphatic rings. The van der Waals surface area contributed by atoms with Gasteiger partial charge in [-0.25, -0.2) is 4.79 Å². The van der Waals surface area contributed by atoms with E-state index in [2.05, 4.69) is 20.7 Å². The van der Waals surface area contributed by atoms with Crippen LogP contribution in [0.1, 0.15) is 41.4 Å². The average Bonchev–Trinajstić information content (AvgIpc) is 3.16. The van der Waals surface area contributed by atoms with Gasteiger partial charge in [0.1, 0.15) is 5.54 Å². The Bertz CT molecular complexity index is 1250. The first kappa shape index (κ1) is 23.8. The molecule has 0 saturated carbocycles. The van der Waals surface area contributed by atoms with Crippen molar-refractivity contribution in [2.24, 2.45) is 0 Å². The minimum atomic E-state index is -0.980. The Morgan fingerprint density at radius 1 is 1.12 bits per heavy atom. The topological polar surface area (TPSA) is 99.5 Å². The predicted molar refractivity (Wildman–Crippen MR) is 127 cm³/mol. The number of rotatable bonds is 7. The van der Waals surface area contributed by atoms with Crippen molar-refractivity contribution >= 4 is 23.4 Å². The minimum Gasteiger partial charge on any atom is -0.329 e. The normalized spacial score (nSPS) is 17.4. The largest absolute Gasteiger partial charge is 0.438 e. The standard InChI is InChI=1S/C25H27ClN4O4/c1-16-10-17(2)12-19(11-16)13-22(31)30-9-8-25(30,3)23(32)29(15-21-27-24(33)34-28-21)14-18-4-6-20(26)7-5-18/h4-7,10-12H,8-9,13-15H2,1-3H3,(H,27,28,33). The van der Waals surface area contributed by atoms with Gasteiger partial charge < -0.3 is 9.80 Å². The van der Waals surface area contributed by atoms with E-state index in [4.69, 9.17) is 11.6 Å². The highest BCUT2D eigenvalue weighted by atomic mass is 35.5. The number of likely N-dealkylation sites (tertiary alicyclic amines) is 1. The van der Waals surface area contributed by atoms with Gasteiger partial charge in [-0.05, 0) is 50.5 Å². The average molecular weight is 483 g/mol. The van der Waals surface area contributed by atoms with Gasteiger partial charge in [0.2, 0.25) is 11.8 Å². The third kappa shape index (κ3) is 5.07. The number of hydrogen-bond acceptors (Lipinski definition) is 5. The van der Waals surface area contributed by atoms with Gasteiger partial charge in [0.15, 0.2) is 5.82 Å². The third-order valence-electron chi connectivity index (χ3n) is 6.22. The van der Waals surface area contributed by atoms with Gasteiger partial charge in [-0.3, -0.25) is 19.1 Å². The molecule has 0 spiro atoms. The van der Waals surface area contributed by atoms with E-state index in [0.29, 0.717) is 18.0 Å². The van der Waals surface area contributed by atoms with E-state index in [-0.39, 0.29) is 37.1 Å². The summed E-state index contributed by atoms with van der Waals surface area (Å²) in [5.74, 6) is -0.753. The summed E-state index contributed by atoms with van der Waals surface area (Å²) in [6, 6.07) is 13.2. The SMILES string of the molecule is Cc1cc(C)cc(CC(=O)N2CCC2(C)C(=O)N(Cc2ccc(Cl)cc2)Cc2noc(=O)[nH]2)c1. The molecule has 34 heavy (non-hydrogen) atoms. The molecule has 2 aromatic carbocycles. The third-order valence-corrected chi connectivity index (χ3v) is 6.47. The summed E-state index contributed by atoms with van der Waals surface area (Å²) in [5, 5.41) is 4.30. The van der Waals surface area contributed by atoms with Crippen molar-refractivity contribution in [1.29, 1.82) is 0 Å². The Labute approximate surface area is 202 Å². The molecule has 2 heterocycles. The molecule has 1 N–H and O–H groups in total. The molecule has 178 valence electrons. The number of aromatic nitrogens is 2. The molecule has 1 unspecified atom stereocenters. The molecule has 0 aliphatic carbocycles. The molecular formula is C25H27ClN4O4. The molecule has 4 rings (SSSR count). The van der Waals surface area contributed by atoms with Crippen LogP contribution in [0.15, 0.2) is 51.8 Å². The molecule has 0 bridgehead atoms. The molecule has 2 amide bonds. The van der Waals surface area contributed by atoms with Crippen LogP contribution in [0.4, 0.5) is 0 Å². The van der Waals surface area contributed by atoms with Crippen LogP contribution in [0.5, 0.6) is 0 Å². The zero-order chi connectivity index (χ0) is 24.5. The molecule has 1 aromatic heterocycles. The molecule has 9 heteroatoms. The molecular weight excluding hydrogens is 456 g/mol. The molecule has 0 radical (unpaired) electrons. The number of hydrogen-bond donors (Lipinski definition) is 1. The molecule has 1 fully saturated rings. The van der Waals surface area contributed by atoms with E-state index >= 15 is 0 Å². The summed E-state index contributed by atoms with van der Waals surface area (Å²) >= 11 is 6.00. The summed E-state index contributed by atoms with van der Waals surface area (Å²) in [6.07, 6.45) is 0.788. The summed E-state index contributed by atoms with van der Waals surface area (Å²) in [4.78, 5) is 44.1. The van der Waals surface area contributed by atoms with Gasteiger partial charge in [0, 0.05) is 18.1 Å². The fraction of sp³-hybridized carbons (Fsp3) is 0.360. The van der Waals surface area contributed by atoms with Crippen LogP contribution in [-0.4, -0.2) is 43.8 Å². The van der Waals surface area contributed by atoms with Crippen molar-refractivity contribution in [3.05, 3.63) is 86.1 Å². The van der Waals surface area contributed by atoms with Crippen molar-refractivity contribution in [2.75, 3.05) is 6.54 Å². The Balaban J connectivity index is 1.55. The number of aryl methyl sites for hydroxylation is 2. The maximum Gasteiger partial charge on any atom is 0.438 e. The fourth-order valence-electron chi connectivity index (χ4n) is 4.48. The van der Waals surface area contributed by atoms with Crippen molar-refractivity contribution in [3.8, 4) is 0 Å². The summed E-state index contributed by atoms with van der Waals surface area (Å²) in [6.45, 7) is 6.61. The monoisotopic (exact) mass is 482 g/mol. The van der Waals surface area contributed by atoms with Gasteiger partial charge in [0.25, 0.3) is 0 Å². The first-order valence-corrected chi connectivity index (χ1v) is 11.5. The zero-order valence-electron chi connectivity index (χ0n) is 19.4. The Morgan fingerprint density at radius 2 is 1.79 bits per heavy atom. The zero-order valence-corrected chi connectivity index (χ0v) is 20.2. The molecule has 8 nitrogen and oxygen atoms in total. The van der Waals surface area contributed by atoms with Crippen molar-refractivity contribution < 1.29 is 14.1 Å². The maximum atomic E-state index is 13.8. The smallest absolute Gasteiger partial charge is 0.329 e. The first-order valence-electron chi connectivity index (χ1n) is 11.1. The Morgan fingerprint density at radius 3 is 2.35 bits per heavy atom. The number of benzene rings is 2. The lowest BCUT2D eigenvalue weighted by molar-refractivity contribution is -0.164. The van der Waals surface area contributed by atoms with E-state index < -0.39 is 11.3 Å². The lowest BCUT2D eigenvalue weighted by Gasteiger charge is -2.51. The summed E-state index contributed by atoms with van der Waals surface area (Å²) in [5.41, 5.74) is 3.01. The van der Waals surface area contributed by atoms with E-state index in [1.54, 1.807) is 28.9 Å². The lowest BCUT2D eigenvalue weighted by atomic mass is 9.84. The van der Waals surface area contributed by atoms with Crippen LogP contribution in [0.3, 0.4) is 0 Å². The lowest BCUT2D eigenvalue weighted by Crippen LogP contribution is -2.67. The Kier molecular flexibility index (Phi) is 6.61. The second-order valence-corrected chi connectivity index (χ2v) is 9.51. The molecule has 3 aromatic rings. The quantitative estimate of drug-likeness (QED) is 0.556. The molecule has 1 aliphatic heterocycles. The highest BCUT2D eigenvalue weighted by molar-refractivity contribution is 6.30. The van der Waals surface area contributed by atoms with Crippen LogP contribution < -0.4 is 5.76 Å². The number of nitrogens with zero attached hydrogens (tertiary/aromatic N) is 3. The number of halogens is 1. The molecule has 1 saturated heterocycles. The maximum absolute atomic E-state index is 13.8. The van der Waals surface area contributed by atoms with Gasteiger partial charge in [-0.15, -0.1) is 0 Å². The highest BCUT2D eigenvalue weighted by Gasteiger charge is 2.51. The number of carbonyl (C=O) groups excluding carboxylic acids is 2. The van der Waals surface area contributed by atoms with Crippen molar-refractivity contribution in [2.45, 2.75) is 52.2 Å². The second-order valence-electron chi connectivity index (χ2n) is 9.07. The highest BCUT2D eigenvalue weighted by Crippen LogP contribution is 2.34. The number of H-pyrrole nitrogens is 1. The summed E-state index contributed by atoms with van der Waals surface area (Å²) < 4.78 is 4.60. The van der Waals surface area contributed by atoms with E-state index in [1.807, 2.05) is 38.1 Å². The number of aromatic amines is 1. The Hall–Kier alpha value is -3.39. The van der Waals surface area contributed by atoms with Crippen molar-refractivity contribution in [3.63, 3.8) is 0 Å². The van der Waals surface area contributed by atoms with Crippen LogP contribution in [0.2, 0.25) is 5.02 Å².